The van der Waals surface area contributed by atoms with Crippen LogP contribution in [0.15, 0.2) is 18.5 Å². The van der Waals surface area contributed by atoms with E-state index < -0.39 is 0 Å². The van der Waals surface area contributed by atoms with Crippen LogP contribution in [0.4, 0.5) is 0 Å². The van der Waals surface area contributed by atoms with E-state index in [9.17, 15) is 4.79 Å². The Balaban J connectivity index is 2.12. The fourth-order valence-electron chi connectivity index (χ4n) is 2.57. The zero-order chi connectivity index (χ0) is 12.3. The number of pyridine rings is 1. The fraction of sp³-hybridized carbons (Fsp3) is 0.571. The quantitative estimate of drug-likeness (QED) is 0.753. The first-order valence-corrected chi connectivity index (χ1v) is 6.24. The van der Waals surface area contributed by atoms with Crippen molar-refractivity contribution < 1.29 is 9.53 Å². The van der Waals surface area contributed by atoms with Gasteiger partial charge in [-0.1, -0.05) is 19.8 Å². The summed E-state index contributed by atoms with van der Waals surface area (Å²) in [5, 5.41) is 0. The first-order valence-electron chi connectivity index (χ1n) is 6.24. The molecule has 0 spiro atoms. The standard InChI is InChI=1S/C14H19NO2/c1-10-4-3-5-11(6-10)14(16)12-7-13(17-2)9-15-8-12/h7-11H,3-6H2,1-2H3. The molecule has 92 valence electrons. The number of hydrogen-bond acceptors (Lipinski definition) is 3. The number of ketones is 1. The Kier molecular flexibility index (Phi) is 3.77. The normalized spacial score (nSPS) is 24.4. The largest absolute Gasteiger partial charge is 0.495 e. The summed E-state index contributed by atoms with van der Waals surface area (Å²) in [6.07, 6.45) is 7.70. The number of ether oxygens (including phenoxy) is 1. The molecule has 0 bridgehead atoms. The first kappa shape index (κ1) is 12.1. The van der Waals surface area contributed by atoms with Crippen LogP contribution in [0.1, 0.15) is 43.0 Å². The summed E-state index contributed by atoms with van der Waals surface area (Å²) in [7, 11) is 1.59. The van der Waals surface area contributed by atoms with Crippen LogP contribution in [-0.2, 0) is 0 Å². The Morgan fingerprint density at radius 1 is 1.41 bits per heavy atom. The minimum absolute atomic E-state index is 0.174. The Bertz CT molecular complexity index is 403. The van der Waals surface area contributed by atoms with Crippen molar-refractivity contribution >= 4 is 5.78 Å². The van der Waals surface area contributed by atoms with Crippen LogP contribution < -0.4 is 4.74 Å². The molecule has 0 saturated heterocycles. The number of Topliss-reactive ketones (excluding diaryl/α,β-unsaturated/α-hetero) is 1. The zero-order valence-corrected chi connectivity index (χ0v) is 10.5. The van der Waals surface area contributed by atoms with Gasteiger partial charge in [-0.3, -0.25) is 9.78 Å². The lowest BCUT2D eigenvalue weighted by atomic mass is 9.79. The van der Waals surface area contributed by atoms with Crippen molar-refractivity contribution in [2.45, 2.75) is 32.6 Å². The molecule has 1 fully saturated rings. The highest BCUT2D eigenvalue weighted by atomic mass is 16.5. The zero-order valence-electron chi connectivity index (χ0n) is 10.5. The van der Waals surface area contributed by atoms with Crippen LogP contribution in [0.25, 0.3) is 0 Å². The third kappa shape index (κ3) is 2.84. The SMILES string of the molecule is COc1cncc(C(=O)C2CCCC(C)C2)c1. The van der Waals surface area contributed by atoms with Gasteiger partial charge in [-0.05, 0) is 24.8 Å². The summed E-state index contributed by atoms with van der Waals surface area (Å²) in [4.78, 5) is 16.4. The minimum atomic E-state index is 0.174. The maximum atomic E-state index is 12.3. The lowest BCUT2D eigenvalue weighted by Crippen LogP contribution is -2.22. The van der Waals surface area contributed by atoms with E-state index in [-0.39, 0.29) is 11.7 Å². The van der Waals surface area contributed by atoms with Crippen LogP contribution in [0, 0.1) is 11.8 Å². The number of methoxy groups -OCH3 is 1. The van der Waals surface area contributed by atoms with Crippen molar-refractivity contribution in [3.05, 3.63) is 24.0 Å². The molecule has 1 saturated carbocycles. The molecule has 1 heterocycles. The molecule has 0 amide bonds. The number of rotatable bonds is 3. The van der Waals surface area contributed by atoms with Crippen molar-refractivity contribution in [2.75, 3.05) is 7.11 Å². The molecule has 1 aliphatic carbocycles. The molecule has 1 aromatic heterocycles. The Hall–Kier alpha value is -1.38. The Labute approximate surface area is 102 Å². The van der Waals surface area contributed by atoms with Crippen molar-refractivity contribution in [3.8, 4) is 5.75 Å². The van der Waals surface area contributed by atoms with Crippen LogP contribution >= 0.6 is 0 Å². The molecule has 2 unspecified atom stereocenters. The van der Waals surface area contributed by atoms with E-state index in [4.69, 9.17) is 4.74 Å². The van der Waals surface area contributed by atoms with Gasteiger partial charge in [0, 0.05) is 17.7 Å². The van der Waals surface area contributed by atoms with Gasteiger partial charge in [0.25, 0.3) is 0 Å². The van der Waals surface area contributed by atoms with Gasteiger partial charge in [0.2, 0.25) is 0 Å². The van der Waals surface area contributed by atoms with E-state index >= 15 is 0 Å². The van der Waals surface area contributed by atoms with Crippen LogP contribution in [0.5, 0.6) is 5.75 Å². The summed E-state index contributed by atoms with van der Waals surface area (Å²) >= 11 is 0. The molecular weight excluding hydrogens is 214 g/mol. The molecular formula is C14H19NO2. The average Bonchev–Trinajstić information content (AvgIpc) is 2.38. The Morgan fingerprint density at radius 3 is 2.94 bits per heavy atom. The molecule has 1 aromatic rings. The lowest BCUT2D eigenvalue weighted by Gasteiger charge is -2.25. The maximum absolute atomic E-state index is 12.3. The summed E-state index contributed by atoms with van der Waals surface area (Å²) < 4.78 is 5.10. The summed E-state index contributed by atoms with van der Waals surface area (Å²) in [5.74, 6) is 1.71. The van der Waals surface area contributed by atoms with Gasteiger partial charge >= 0.3 is 0 Å². The molecule has 0 radical (unpaired) electrons. The minimum Gasteiger partial charge on any atom is -0.495 e. The van der Waals surface area contributed by atoms with Gasteiger partial charge in [0.05, 0.1) is 13.3 Å². The van der Waals surface area contributed by atoms with Gasteiger partial charge in [0.1, 0.15) is 5.75 Å². The van der Waals surface area contributed by atoms with Crippen LogP contribution in [-0.4, -0.2) is 17.9 Å². The van der Waals surface area contributed by atoms with E-state index in [1.54, 1.807) is 25.6 Å². The molecule has 3 nitrogen and oxygen atoms in total. The van der Waals surface area contributed by atoms with Gasteiger partial charge in [-0.25, -0.2) is 0 Å². The van der Waals surface area contributed by atoms with E-state index in [0.717, 1.165) is 19.3 Å². The molecule has 2 rings (SSSR count). The van der Waals surface area contributed by atoms with Gasteiger partial charge in [0.15, 0.2) is 5.78 Å². The van der Waals surface area contributed by atoms with E-state index in [0.29, 0.717) is 17.2 Å². The van der Waals surface area contributed by atoms with Gasteiger partial charge < -0.3 is 4.74 Å². The predicted molar refractivity (Wildman–Crippen MR) is 66.2 cm³/mol. The summed E-state index contributed by atoms with van der Waals surface area (Å²) in [5.41, 5.74) is 0.684. The summed E-state index contributed by atoms with van der Waals surface area (Å²) in [6.45, 7) is 2.23. The second-order valence-electron chi connectivity index (χ2n) is 4.95. The molecule has 0 aromatic carbocycles. The second kappa shape index (κ2) is 5.30. The van der Waals surface area contributed by atoms with Crippen LogP contribution in [0.2, 0.25) is 0 Å². The Morgan fingerprint density at radius 2 is 2.24 bits per heavy atom. The number of nitrogens with zero attached hydrogens (tertiary/aromatic N) is 1. The molecule has 1 aliphatic rings. The van der Waals surface area contributed by atoms with Crippen molar-refractivity contribution in [1.82, 2.24) is 4.98 Å². The highest BCUT2D eigenvalue weighted by Crippen LogP contribution is 2.31. The monoisotopic (exact) mass is 233 g/mol. The van der Waals surface area contributed by atoms with Crippen LogP contribution in [0.3, 0.4) is 0 Å². The van der Waals surface area contributed by atoms with E-state index in [2.05, 4.69) is 11.9 Å². The molecule has 17 heavy (non-hydrogen) atoms. The van der Waals surface area contributed by atoms with Crippen molar-refractivity contribution in [1.29, 1.82) is 0 Å². The molecule has 3 heteroatoms. The molecule has 0 aliphatic heterocycles. The number of carbonyl (C=O) groups is 1. The topological polar surface area (TPSA) is 39.2 Å². The highest BCUT2D eigenvalue weighted by Gasteiger charge is 2.26. The van der Waals surface area contributed by atoms with E-state index in [1.807, 2.05) is 0 Å². The molecule has 0 N–H and O–H groups in total. The van der Waals surface area contributed by atoms with Crippen molar-refractivity contribution in [3.63, 3.8) is 0 Å². The predicted octanol–water partition coefficient (Wildman–Crippen LogP) is 3.10. The lowest BCUT2D eigenvalue weighted by molar-refractivity contribution is 0.0867. The third-order valence-corrected chi connectivity index (χ3v) is 3.54. The number of hydrogen-bond donors (Lipinski definition) is 0. The maximum Gasteiger partial charge on any atom is 0.167 e. The van der Waals surface area contributed by atoms with Gasteiger partial charge in [-0.2, -0.15) is 0 Å². The smallest absolute Gasteiger partial charge is 0.167 e. The first-order chi connectivity index (χ1) is 8.20. The van der Waals surface area contributed by atoms with Crippen molar-refractivity contribution in [2.24, 2.45) is 11.8 Å². The van der Waals surface area contributed by atoms with Gasteiger partial charge in [-0.15, -0.1) is 0 Å². The average molecular weight is 233 g/mol. The second-order valence-corrected chi connectivity index (χ2v) is 4.95. The fourth-order valence-corrected chi connectivity index (χ4v) is 2.57. The number of carbonyl (C=O) groups excluding carboxylic acids is 1. The number of aromatic nitrogens is 1. The molecule has 2 atom stereocenters. The van der Waals surface area contributed by atoms with E-state index in [1.165, 1.54) is 6.42 Å². The highest BCUT2D eigenvalue weighted by molar-refractivity contribution is 5.97. The third-order valence-electron chi connectivity index (χ3n) is 3.54. The summed E-state index contributed by atoms with van der Waals surface area (Å²) in [6, 6.07) is 1.79.